The third-order valence-electron chi connectivity index (χ3n) is 3.88. The summed E-state index contributed by atoms with van der Waals surface area (Å²) in [6.07, 6.45) is 0.797. The number of amides is 1. The minimum absolute atomic E-state index is 0.192. The molecule has 8 heteroatoms. The number of hydrogen-bond donors (Lipinski definition) is 1. The van der Waals surface area contributed by atoms with Crippen molar-refractivity contribution in [2.24, 2.45) is 0 Å². The van der Waals surface area contributed by atoms with Crippen LogP contribution in [0.2, 0.25) is 0 Å². The van der Waals surface area contributed by atoms with Gasteiger partial charge in [-0.2, -0.15) is 0 Å². The van der Waals surface area contributed by atoms with Gasteiger partial charge in [-0.3, -0.25) is 10.1 Å². The molecule has 0 atom stereocenters. The van der Waals surface area contributed by atoms with Gasteiger partial charge in [-0.05, 0) is 30.2 Å². The fourth-order valence-corrected chi connectivity index (χ4v) is 4.05. The molecule has 1 N–H and O–H groups in total. The lowest BCUT2D eigenvalue weighted by Gasteiger charge is -2.07. The number of nitrogens with zero attached hydrogens (tertiary/aromatic N) is 3. The monoisotopic (exact) mass is 396 g/mol. The molecule has 4 rings (SSSR count). The highest BCUT2D eigenvalue weighted by Crippen LogP contribution is 2.27. The molecule has 0 bridgehead atoms. The Labute approximate surface area is 164 Å². The van der Waals surface area contributed by atoms with Gasteiger partial charge in [0.25, 0.3) is 11.1 Å². The summed E-state index contributed by atoms with van der Waals surface area (Å²) >= 11 is 2.85. The summed E-state index contributed by atoms with van der Waals surface area (Å²) in [6, 6.07) is 15.1. The molecule has 0 unspecified atom stereocenters. The first-order valence-electron chi connectivity index (χ1n) is 8.43. The van der Waals surface area contributed by atoms with E-state index in [0.717, 1.165) is 28.1 Å². The van der Waals surface area contributed by atoms with Crippen molar-refractivity contribution in [2.45, 2.75) is 24.3 Å². The largest absolute Gasteiger partial charge is 0.431 e. The molecule has 6 nitrogen and oxygen atoms in total. The number of carbonyl (C=O) groups is 1. The summed E-state index contributed by atoms with van der Waals surface area (Å²) in [5.74, 6) is 0.384. The van der Waals surface area contributed by atoms with Gasteiger partial charge in [0.05, 0.1) is 0 Å². The maximum absolute atomic E-state index is 12.7. The average Bonchev–Trinajstić information content (AvgIpc) is 3.32. The third-order valence-corrected chi connectivity index (χ3v) is 5.74. The van der Waals surface area contributed by atoms with E-state index in [1.54, 1.807) is 6.07 Å². The number of aromatic nitrogens is 3. The Morgan fingerprint density at radius 1 is 1.15 bits per heavy atom. The minimum Gasteiger partial charge on any atom is -0.431 e. The fraction of sp³-hybridized carbons (Fsp3) is 0.158. The SMILES string of the molecule is CCc1nnc(NC(=O)c2ccccc2CSc2nc3ccccc3o2)s1. The number of rotatable bonds is 6. The Bertz CT molecular complexity index is 1060. The lowest BCUT2D eigenvalue weighted by atomic mass is 10.1. The van der Waals surface area contributed by atoms with Crippen LogP contribution < -0.4 is 5.32 Å². The van der Waals surface area contributed by atoms with E-state index in [1.165, 1.54) is 23.1 Å². The summed E-state index contributed by atoms with van der Waals surface area (Å²) in [7, 11) is 0. The zero-order valence-corrected chi connectivity index (χ0v) is 16.1. The molecule has 0 saturated heterocycles. The van der Waals surface area contributed by atoms with Gasteiger partial charge in [-0.15, -0.1) is 10.2 Å². The summed E-state index contributed by atoms with van der Waals surface area (Å²) < 4.78 is 5.74. The van der Waals surface area contributed by atoms with E-state index in [4.69, 9.17) is 4.42 Å². The topological polar surface area (TPSA) is 80.9 Å². The Kier molecular flexibility index (Phi) is 5.17. The molecular weight excluding hydrogens is 380 g/mol. The van der Waals surface area contributed by atoms with Crippen LogP contribution >= 0.6 is 23.1 Å². The summed E-state index contributed by atoms with van der Waals surface area (Å²) in [6.45, 7) is 2.00. The van der Waals surface area contributed by atoms with Gasteiger partial charge in [0.15, 0.2) is 5.58 Å². The molecule has 0 saturated carbocycles. The van der Waals surface area contributed by atoms with Crippen molar-refractivity contribution in [3.8, 4) is 0 Å². The first-order chi connectivity index (χ1) is 13.2. The van der Waals surface area contributed by atoms with Crippen molar-refractivity contribution in [3.63, 3.8) is 0 Å². The van der Waals surface area contributed by atoms with Gasteiger partial charge in [-0.25, -0.2) is 4.98 Å². The highest BCUT2D eigenvalue weighted by atomic mass is 32.2. The number of hydrogen-bond acceptors (Lipinski definition) is 7. The highest BCUT2D eigenvalue weighted by Gasteiger charge is 2.15. The number of oxazole rings is 1. The van der Waals surface area contributed by atoms with Gasteiger partial charge in [0.2, 0.25) is 5.13 Å². The second-order valence-electron chi connectivity index (χ2n) is 5.70. The molecule has 0 spiro atoms. The van der Waals surface area contributed by atoms with Crippen molar-refractivity contribution in [1.82, 2.24) is 15.2 Å². The number of anilines is 1. The van der Waals surface area contributed by atoms with Crippen LogP contribution in [-0.4, -0.2) is 21.1 Å². The predicted molar refractivity (Wildman–Crippen MR) is 107 cm³/mol. The molecular formula is C19H16N4O2S2. The van der Waals surface area contributed by atoms with Crippen LogP contribution in [0.4, 0.5) is 5.13 Å². The van der Waals surface area contributed by atoms with E-state index in [9.17, 15) is 4.79 Å². The number of benzene rings is 2. The fourth-order valence-electron chi connectivity index (χ4n) is 2.53. The van der Waals surface area contributed by atoms with E-state index in [-0.39, 0.29) is 5.91 Å². The van der Waals surface area contributed by atoms with Crippen molar-refractivity contribution >= 4 is 45.2 Å². The first-order valence-corrected chi connectivity index (χ1v) is 10.2. The van der Waals surface area contributed by atoms with Crippen LogP contribution in [-0.2, 0) is 12.2 Å². The molecule has 27 heavy (non-hydrogen) atoms. The smallest absolute Gasteiger partial charge is 0.257 e. The number of aryl methyl sites for hydroxylation is 1. The molecule has 0 radical (unpaired) electrons. The molecule has 1 amide bonds. The lowest BCUT2D eigenvalue weighted by molar-refractivity contribution is 0.102. The van der Waals surface area contributed by atoms with Crippen LogP contribution in [0.15, 0.2) is 58.2 Å². The van der Waals surface area contributed by atoms with Crippen molar-refractivity contribution in [3.05, 3.63) is 64.7 Å². The molecule has 0 aliphatic rings. The van der Waals surface area contributed by atoms with E-state index < -0.39 is 0 Å². The van der Waals surface area contributed by atoms with Crippen molar-refractivity contribution in [2.75, 3.05) is 5.32 Å². The highest BCUT2D eigenvalue weighted by molar-refractivity contribution is 7.98. The third kappa shape index (κ3) is 4.01. The van der Waals surface area contributed by atoms with Crippen LogP contribution in [0.25, 0.3) is 11.1 Å². The number of fused-ring (bicyclic) bond motifs is 1. The van der Waals surface area contributed by atoms with Crippen LogP contribution in [0.5, 0.6) is 0 Å². The zero-order chi connectivity index (χ0) is 18.6. The van der Waals surface area contributed by atoms with Crippen LogP contribution in [0.1, 0.15) is 27.9 Å². The number of para-hydroxylation sites is 2. The number of nitrogens with one attached hydrogen (secondary N) is 1. The molecule has 0 fully saturated rings. The van der Waals surface area contributed by atoms with Crippen LogP contribution in [0.3, 0.4) is 0 Å². The molecule has 2 aromatic heterocycles. The van der Waals surface area contributed by atoms with Gasteiger partial charge in [0.1, 0.15) is 10.5 Å². The standard InChI is InChI=1S/C19H16N4O2S2/c1-2-16-22-23-18(27-16)21-17(24)13-8-4-3-7-12(13)11-26-19-20-14-9-5-6-10-15(14)25-19/h3-10H,2,11H2,1H3,(H,21,23,24). The predicted octanol–water partition coefficient (Wildman–Crippen LogP) is 4.79. The maximum atomic E-state index is 12.7. The minimum atomic E-state index is -0.192. The first kappa shape index (κ1) is 17.7. The Hall–Kier alpha value is -2.71. The Balaban J connectivity index is 1.49. The Morgan fingerprint density at radius 3 is 2.78 bits per heavy atom. The summed E-state index contributed by atoms with van der Waals surface area (Å²) in [5, 5.41) is 12.9. The van der Waals surface area contributed by atoms with Crippen molar-refractivity contribution in [1.29, 1.82) is 0 Å². The second-order valence-corrected chi connectivity index (χ2v) is 7.69. The molecule has 4 aromatic rings. The molecule has 0 aliphatic carbocycles. The van der Waals surface area contributed by atoms with Gasteiger partial charge in [-0.1, -0.05) is 60.4 Å². The zero-order valence-electron chi connectivity index (χ0n) is 14.5. The quantitative estimate of drug-likeness (QED) is 0.472. The normalized spacial score (nSPS) is 11.0. The second kappa shape index (κ2) is 7.89. The molecule has 136 valence electrons. The van der Waals surface area contributed by atoms with Gasteiger partial charge in [0, 0.05) is 11.3 Å². The van der Waals surface area contributed by atoms with Gasteiger partial charge < -0.3 is 4.42 Å². The molecule has 2 aromatic carbocycles. The lowest BCUT2D eigenvalue weighted by Crippen LogP contribution is -2.13. The summed E-state index contributed by atoms with van der Waals surface area (Å²) in [5.41, 5.74) is 3.10. The number of thioether (sulfide) groups is 1. The van der Waals surface area contributed by atoms with Crippen molar-refractivity contribution < 1.29 is 9.21 Å². The van der Waals surface area contributed by atoms with E-state index >= 15 is 0 Å². The van der Waals surface area contributed by atoms with Gasteiger partial charge >= 0.3 is 0 Å². The maximum Gasteiger partial charge on any atom is 0.257 e. The van der Waals surface area contributed by atoms with E-state index in [1.807, 2.05) is 49.4 Å². The average molecular weight is 396 g/mol. The molecule has 0 aliphatic heterocycles. The summed E-state index contributed by atoms with van der Waals surface area (Å²) in [4.78, 5) is 17.1. The number of carbonyl (C=O) groups excluding carboxylic acids is 1. The Morgan fingerprint density at radius 2 is 1.96 bits per heavy atom. The molecule has 2 heterocycles. The van der Waals surface area contributed by atoms with E-state index in [0.29, 0.717) is 21.7 Å². The van der Waals surface area contributed by atoms with Crippen LogP contribution in [0, 0.1) is 0 Å². The van der Waals surface area contributed by atoms with E-state index in [2.05, 4.69) is 20.5 Å².